The molecule has 0 fully saturated rings. The molecule has 0 bridgehead atoms. The van der Waals surface area contributed by atoms with E-state index in [2.05, 4.69) is 87.7 Å². The number of hydrogen-bond donors (Lipinski definition) is 0. The first-order chi connectivity index (χ1) is 10.4. The van der Waals surface area contributed by atoms with Gasteiger partial charge in [-0.3, -0.25) is 0 Å². The van der Waals surface area contributed by atoms with Crippen molar-refractivity contribution in [3.63, 3.8) is 0 Å². The third kappa shape index (κ3) is 2.54. The molecule has 22 heavy (non-hydrogen) atoms. The van der Waals surface area contributed by atoms with Crippen molar-refractivity contribution in [1.29, 1.82) is 0 Å². The molecule has 1 heterocycles. The molecule has 1 unspecified atom stereocenters. The van der Waals surface area contributed by atoms with E-state index in [4.69, 9.17) is 0 Å². The fraction of sp³-hybridized carbons (Fsp3) is 0.429. The molecule has 3 aromatic rings. The minimum atomic E-state index is 0.231. The lowest BCUT2D eigenvalue weighted by Crippen LogP contribution is -2.25. The number of rotatable bonds is 3. The summed E-state index contributed by atoms with van der Waals surface area (Å²) in [5, 5.41) is 2.74. The van der Waals surface area contributed by atoms with Crippen LogP contribution in [0.5, 0.6) is 0 Å². The molecule has 3 rings (SSSR count). The molecule has 1 heteroatoms. The molecule has 1 nitrogen and oxygen atoms in total. The molecule has 0 N–H and O–H groups in total. The number of hydrogen-bond acceptors (Lipinski definition) is 0. The molecule has 0 spiro atoms. The van der Waals surface area contributed by atoms with E-state index in [1.807, 2.05) is 0 Å². The van der Waals surface area contributed by atoms with E-state index in [1.165, 1.54) is 28.2 Å². The minimum Gasteiger partial charge on any atom is -0.337 e. The average molecular weight is 293 g/mol. The minimum absolute atomic E-state index is 0.231. The molecule has 0 aliphatic heterocycles. The second kappa shape index (κ2) is 5.46. The van der Waals surface area contributed by atoms with Crippen LogP contribution in [0.4, 0.5) is 0 Å². The van der Waals surface area contributed by atoms with Crippen LogP contribution in [-0.2, 0) is 0 Å². The summed E-state index contributed by atoms with van der Waals surface area (Å²) in [7, 11) is 0. The standard InChI is InChI=1S/C21H27N/c1-15(2)14-20(21(3,4)5)22-18-12-8-6-10-16(18)17-11-7-9-13-19(17)22/h6-13,15,20H,14H2,1-5H3. The number of nitrogens with zero attached hydrogens (tertiary/aromatic N) is 1. The van der Waals surface area contributed by atoms with Crippen LogP contribution in [0.2, 0.25) is 0 Å². The van der Waals surface area contributed by atoms with Gasteiger partial charge in [-0.1, -0.05) is 71.0 Å². The predicted molar refractivity (Wildman–Crippen MR) is 97.4 cm³/mol. The van der Waals surface area contributed by atoms with E-state index >= 15 is 0 Å². The zero-order valence-corrected chi connectivity index (χ0v) is 14.4. The predicted octanol–water partition coefficient (Wildman–Crippen LogP) is 6.43. The first kappa shape index (κ1) is 15.1. The van der Waals surface area contributed by atoms with Crippen LogP contribution >= 0.6 is 0 Å². The van der Waals surface area contributed by atoms with E-state index < -0.39 is 0 Å². The molecule has 2 aromatic carbocycles. The fourth-order valence-electron chi connectivity index (χ4n) is 3.58. The molecular formula is C21H27N. The monoisotopic (exact) mass is 293 g/mol. The fourth-order valence-corrected chi connectivity index (χ4v) is 3.58. The summed E-state index contributed by atoms with van der Waals surface area (Å²) in [5.41, 5.74) is 2.96. The van der Waals surface area contributed by atoms with Crippen molar-refractivity contribution in [1.82, 2.24) is 4.57 Å². The highest BCUT2D eigenvalue weighted by molar-refractivity contribution is 6.08. The zero-order valence-electron chi connectivity index (χ0n) is 14.4. The summed E-state index contributed by atoms with van der Waals surface area (Å²) in [4.78, 5) is 0. The van der Waals surface area contributed by atoms with Crippen molar-refractivity contribution in [2.75, 3.05) is 0 Å². The van der Waals surface area contributed by atoms with Gasteiger partial charge in [0.1, 0.15) is 0 Å². The van der Waals surface area contributed by atoms with Gasteiger partial charge in [0.2, 0.25) is 0 Å². The van der Waals surface area contributed by atoms with Crippen LogP contribution in [0.15, 0.2) is 48.5 Å². The van der Waals surface area contributed by atoms with Crippen LogP contribution in [0.3, 0.4) is 0 Å². The Labute approximate surface area is 133 Å². The third-order valence-electron chi connectivity index (χ3n) is 4.62. The smallest absolute Gasteiger partial charge is 0.0494 e. The lowest BCUT2D eigenvalue weighted by atomic mass is 9.81. The van der Waals surface area contributed by atoms with Gasteiger partial charge < -0.3 is 4.57 Å². The topological polar surface area (TPSA) is 4.93 Å². The lowest BCUT2D eigenvalue weighted by molar-refractivity contribution is 0.217. The van der Waals surface area contributed by atoms with E-state index in [0.717, 1.165) is 0 Å². The Bertz CT molecular complexity index is 733. The Morgan fingerprint density at radius 1 is 0.818 bits per heavy atom. The molecule has 1 aromatic heterocycles. The Morgan fingerprint density at radius 2 is 1.27 bits per heavy atom. The number of aromatic nitrogens is 1. The maximum Gasteiger partial charge on any atom is 0.0494 e. The molecule has 0 aliphatic rings. The summed E-state index contributed by atoms with van der Waals surface area (Å²) in [6.45, 7) is 11.7. The van der Waals surface area contributed by atoms with Crippen molar-refractivity contribution in [3.8, 4) is 0 Å². The normalized spacial score (nSPS) is 14.1. The number of para-hydroxylation sites is 2. The summed E-state index contributed by atoms with van der Waals surface area (Å²) < 4.78 is 2.59. The third-order valence-corrected chi connectivity index (χ3v) is 4.62. The summed E-state index contributed by atoms with van der Waals surface area (Å²) in [6.07, 6.45) is 1.20. The molecular weight excluding hydrogens is 266 g/mol. The van der Waals surface area contributed by atoms with Crippen molar-refractivity contribution in [2.24, 2.45) is 11.3 Å². The van der Waals surface area contributed by atoms with Crippen LogP contribution in [-0.4, -0.2) is 4.57 Å². The first-order valence-electron chi connectivity index (χ1n) is 8.37. The SMILES string of the molecule is CC(C)CC(n1c2ccccc2c2ccccc21)C(C)(C)C. The van der Waals surface area contributed by atoms with E-state index in [0.29, 0.717) is 12.0 Å². The number of benzene rings is 2. The van der Waals surface area contributed by atoms with Crippen LogP contribution < -0.4 is 0 Å². The molecule has 0 aliphatic carbocycles. The summed E-state index contributed by atoms with van der Waals surface area (Å²) >= 11 is 0. The maximum absolute atomic E-state index is 2.59. The van der Waals surface area contributed by atoms with Gasteiger partial charge in [0.15, 0.2) is 0 Å². The van der Waals surface area contributed by atoms with Crippen molar-refractivity contribution < 1.29 is 0 Å². The Morgan fingerprint density at radius 3 is 1.68 bits per heavy atom. The highest BCUT2D eigenvalue weighted by atomic mass is 15.0. The lowest BCUT2D eigenvalue weighted by Gasteiger charge is -2.35. The van der Waals surface area contributed by atoms with Gasteiger partial charge in [0.05, 0.1) is 0 Å². The largest absolute Gasteiger partial charge is 0.337 e. The van der Waals surface area contributed by atoms with Gasteiger partial charge in [0, 0.05) is 27.8 Å². The molecule has 0 saturated heterocycles. The Kier molecular flexibility index (Phi) is 3.76. The van der Waals surface area contributed by atoms with Crippen molar-refractivity contribution in [3.05, 3.63) is 48.5 Å². The van der Waals surface area contributed by atoms with Gasteiger partial charge in [-0.15, -0.1) is 0 Å². The van der Waals surface area contributed by atoms with Gasteiger partial charge in [-0.05, 0) is 29.9 Å². The van der Waals surface area contributed by atoms with Gasteiger partial charge in [-0.2, -0.15) is 0 Å². The highest BCUT2D eigenvalue weighted by Crippen LogP contribution is 2.41. The van der Waals surface area contributed by atoms with E-state index in [1.54, 1.807) is 0 Å². The van der Waals surface area contributed by atoms with E-state index in [-0.39, 0.29) is 5.41 Å². The number of fused-ring (bicyclic) bond motifs is 3. The van der Waals surface area contributed by atoms with Gasteiger partial charge in [-0.25, -0.2) is 0 Å². The second-order valence-corrected chi connectivity index (χ2v) is 7.92. The summed E-state index contributed by atoms with van der Waals surface area (Å²) in [5.74, 6) is 0.684. The molecule has 0 amide bonds. The quantitative estimate of drug-likeness (QED) is 0.524. The van der Waals surface area contributed by atoms with Crippen LogP contribution in [0.1, 0.15) is 47.1 Å². The summed E-state index contributed by atoms with van der Waals surface area (Å²) in [6, 6.07) is 18.2. The Balaban J connectivity index is 2.35. The molecule has 0 radical (unpaired) electrons. The molecule has 0 saturated carbocycles. The van der Waals surface area contributed by atoms with Crippen molar-refractivity contribution >= 4 is 21.8 Å². The Hall–Kier alpha value is -1.76. The highest BCUT2D eigenvalue weighted by Gasteiger charge is 2.29. The van der Waals surface area contributed by atoms with Crippen LogP contribution in [0, 0.1) is 11.3 Å². The second-order valence-electron chi connectivity index (χ2n) is 7.92. The van der Waals surface area contributed by atoms with Crippen LogP contribution in [0.25, 0.3) is 21.8 Å². The molecule has 1 atom stereocenters. The van der Waals surface area contributed by atoms with Gasteiger partial charge >= 0.3 is 0 Å². The molecule has 116 valence electrons. The van der Waals surface area contributed by atoms with Gasteiger partial charge in [0.25, 0.3) is 0 Å². The average Bonchev–Trinajstić information content (AvgIpc) is 2.78. The first-order valence-corrected chi connectivity index (χ1v) is 8.37. The zero-order chi connectivity index (χ0) is 15.9. The van der Waals surface area contributed by atoms with Crippen molar-refractivity contribution in [2.45, 2.75) is 47.1 Å². The van der Waals surface area contributed by atoms with E-state index in [9.17, 15) is 0 Å². The maximum atomic E-state index is 2.59.